The van der Waals surface area contributed by atoms with Crippen molar-refractivity contribution in [2.45, 2.75) is 20.8 Å². The van der Waals surface area contributed by atoms with Crippen LogP contribution in [0.15, 0.2) is 73.9 Å². The summed E-state index contributed by atoms with van der Waals surface area (Å²) in [6, 6.07) is 0. The molecular formula is C18H26O6. The molecule has 0 aliphatic carbocycles. The van der Waals surface area contributed by atoms with E-state index in [-0.39, 0.29) is 16.7 Å². The zero-order valence-electron chi connectivity index (χ0n) is 14.5. The average Bonchev–Trinajstić information content (AvgIpc) is 2.47. The van der Waals surface area contributed by atoms with E-state index < -0.39 is 17.9 Å². The molecule has 0 heterocycles. The highest BCUT2D eigenvalue weighted by atomic mass is 16.4. The molecule has 0 aromatic carbocycles. The third-order valence-corrected chi connectivity index (χ3v) is 1.62. The van der Waals surface area contributed by atoms with Gasteiger partial charge in [-0.25, -0.2) is 14.4 Å². The number of carboxylic acid groups (broad SMARTS) is 3. The predicted octanol–water partition coefficient (Wildman–Crippen LogP) is 3.86. The van der Waals surface area contributed by atoms with Gasteiger partial charge in [-0.15, -0.1) is 0 Å². The molecule has 0 bridgehead atoms. The fourth-order valence-electron chi connectivity index (χ4n) is 0.0833. The molecule has 0 aliphatic rings. The summed E-state index contributed by atoms with van der Waals surface area (Å²) in [5.41, 5.74) is 1.40. The molecule has 0 saturated heterocycles. The summed E-state index contributed by atoms with van der Waals surface area (Å²) in [7, 11) is 0. The Labute approximate surface area is 143 Å². The van der Waals surface area contributed by atoms with Gasteiger partial charge in [0.05, 0.1) is 0 Å². The smallest absolute Gasteiger partial charge is 0.330 e. The topological polar surface area (TPSA) is 112 Å². The van der Waals surface area contributed by atoms with Crippen LogP contribution in [0.5, 0.6) is 0 Å². The van der Waals surface area contributed by atoms with E-state index in [4.69, 9.17) is 15.3 Å². The molecular weight excluding hydrogens is 312 g/mol. The van der Waals surface area contributed by atoms with E-state index in [9.17, 15) is 14.4 Å². The molecule has 0 fully saturated rings. The molecule has 3 N–H and O–H groups in total. The van der Waals surface area contributed by atoms with Crippen LogP contribution in [0, 0.1) is 0 Å². The highest BCUT2D eigenvalue weighted by Crippen LogP contribution is 1.87. The molecule has 134 valence electrons. The van der Waals surface area contributed by atoms with Gasteiger partial charge in [-0.2, -0.15) is 0 Å². The maximum atomic E-state index is 9.60. The number of aliphatic carboxylic acids is 3. The first-order valence-corrected chi connectivity index (χ1v) is 6.34. The van der Waals surface area contributed by atoms with Crippen LogP contribution in [0.2, 0.25) is 0 Å². The van der Waals surface area contributed by atoms with Crippen LogP contribution in [0.4, 0.5) is 0 Å². The van der Waals surface area contributed by atoms with Crippen molar-refractivity contribution in [2.75, 3.05) is 0 Å². The van der Waals surface area contributed by atoms with Crippen molar-refractivity contribution in [1.82, 2.24) is 0 Å². The molecule has 0 amide bonds. The van der Waals surface area contributed by atoms with Crippen molar-refractivity contribution in [3.05, 3.63) is 73.9 Å². The Kier molecular flexibility index (Phi) is 21.6. The van der Waals surface area contributed by atoms with E-state index in [0.717, 1.165) is 5.57 Å². The average molecular weight is 338 g/mol. The Bertz CT molecular complexity index is 421. The Balaban J connectivity index is -0.000000111. The lowest BCUT2D eigenvalue weighted by Gasteiger charge is -1.79. The minimum Gasteiger partial charge on any atom is -0.478 e. The SMILES string of the molecule is C=C(C)C(=O)O.C=C(C)C(=O)O.C=C(C)C(=O)O.C=CC(=C)C=C. The summed E-state index contributed by atoms with van der Waals surface area (Å²) < 4.78 is 0. The van der Waals surface area contributed by atoms with E-state index in [1.54, 1.807) is 12.2 Å². The maximum Gasteiger partial charge on any atom is 0.330 e. The lowest BCUT2D eigenvalue weighted by molar-refractivity contribution is -0.133. The molecule has 0 spiro atoms. The van der Waals surface area contributed by atoms with Crippen molar-refractivity contribution < 1.29 is 29.7 Å². The van der Waals surface area contributed by atoms with Gasteiger partial charge >= 0.3 is 17.9 Å². The van der Waals surface area contributed by atoms with Gasteiger partial charge in [-0.05, 0) is 26.3 Å². The first kappa shape index (κ1) is 28.9. The third kappa shape index (κ3) is 36.4. The van der Waals surface area contributed by atoms with Crippen LogP contribution in [-0.4, -0.2) is 33.2 Å². The van der Waals surface area contributed by atoms with Gasteiger partial charge in [-0.1, -0.05) is 51.6 Å². The zero-order valence-corrected chi connectivity index (χ0v) is 14.5. The van der Waals surface area contributed by atoms with Gasteiger partial charge in [0.15, 0.2) is 0 Å². The van der Waals surface area contributed by atoms with E-state index in [1.165, 1.54) is 20.8 Å². The second-order valence-electron chi connectivity index (χ2n) is 4.24. The Morgan fingerprint density at radius 2 is 0.750 bits per heavy atom. The first-order valence-electron chi connectivity index (χ1n) is 6.34. The fourth-order valence-corrected chi connectivity index (χ4v) is 0.0833. The number of hydrogen-bond acceptors (Lipinski definition) is 3. The summed E-state index contributed by atoms with van der Waals surface area (Å²) in [5.74, 6) is -2.81. The molecule has 0 radical (unpaired) electrons. The van der Waals surface area contributed by atoms with Crippen molar-refractivity contribution in [3.8, 4) is 0 Å². The molecule has 0 rings (SSSR count). The van der Waals surface area contributed by atoms with Gasteiger partial charge < -0.3 is 15.3 Å². The number of carbonyl (C=O) groups is 3. The summed E-state index contributed by atoms with van der Waals surface area (Å²) in [6.45, 7) is 24.3. The van der Waals surface area contributed by atoms with Crippen molar-refractivity contribution in [1.29, 1.82) is 0 Å². The van der Waals surface area contributed by atoms with Gasteiger partial charge in [0.1, 0.15) is 0 Å². The summed E-state index contributed by atoms with van der Waals surface area (Å²) in [5, 5.41) is 23.7. The van der Waals surface area contributed by atoms with Crippen LogP contribution in [0.25, 0.3) is 0 Å². The molecule has 0 saturated carbocycles. The number of carboxylic acids is 3. The Morgan fingerprint density at radius 3 is 0.750 bits per heavy atom. The van der Waals surface area contributed by atoms with Crippen LogP contribution in [-0.2, 0) is 14.4 Å². The van der Waals surface area contributed by atoms with Gasteiger partial charge in [-0.3, -0.25) is 0 Å². The molecule has 0 aromatic heterocycles. The van der Waals surface area contributed by atoms with Crippen molar-refractivity contribution >= 4 is 17.9 Å². The predicted molar refractivity (Wildman–Crippen MR) is 96.9 cm³/mol. The summed E-state index contributed by atoms with van der Waals surface area (Å²) >= 11 is 0. The molecule has 0 aliphatic heterocycles. The Morgan fingerprint density at radius 1 is 0.625 bits per heavy atom. The molecule has 0 aromatic rings. The largest absolute Gasteiger partial charge is 0.478 e. The molecule has 6 nitrogen and oxygen atoms in total. The number of rotatable bonds is 5. The van der Waals surface area contributed by atoms with E-state index in [0.29, 0.717) is 0 Å². The fraction of sp³-hybridized carbons (Fsp3) is 0.167. The van der Waals surface area contributed by atoms with Crippen molar-refractivity contribution in [3.63, 3.8) is 0 Å². The number of allylic oxidation sites excluding steroid dienone is 3. The second kappa shape index (κ2) is 17.9. The monoisotopic (exact) mass is 338 g/mol. The van der Waals surface area contributed by atoms with Crippen molar-refractivity contribution in [2.24, 2.45) is 0 Å². The number of hydrogen-bond donors (Lipinski definition) is 3. The second-order valence-corrected chi connectivity index (χ2v) is 4.24. The van der Waals surface area contributed by atoms with Gasteiger partial charge in [0.25, 0.3) is 0 Å². The Hall–Kier alpha value is -3.15. The van der Waals surface area contributed by atoms with E-state index >= 15 is 0 Å². The summed E-state index contributed by atoms with van der Waals surface area (Å²) in [4.78, 5) is 28.8. The standard InChI is InChI=1S/C6H8.3C4H6O2/c1-4-6(3)5-2;3*1-3(2)4(5)6/h4-5H,1-3H2;3*1H2,2H3,(H,5,6). The molecule has 6 heteroatoms. The lowest BCUT2D eigenvalue weighted by atomic mass is 10.3. The minimum absolute atomic E-state index is 0.176. The zero-order chi connectivity index (χ0) is 20.5. The van der Waals surface area contributed by atoms with Crippen LogP contribution in [0.3, 0.4) is 0 Å². The minimum atomic E-state index is -0.935. The maximum absolute atomic E-state index is 9.60. The lowest BCUT2D eigenvalue weighted by Crippen LogP contribution is -1.92. The molecule has 24 heavy (non-hydrogen) atoms. The van der Waals surface area contributed by atoms with E-state index in [1.807, 2.05) is 0 Å². The van der Waals surface area contributed by atoms with Gasteiger partial charge in [0, 0.05) is 16.7 Å². The summed E-state index contributed by atoms with van der Waals surface area (Å²) in [6.07, 6.45) is 3.32. The van der Waals surface area contributed by atoms with Crippen LogP contribution >= 0.6 is 0 Å². The van der Waals surface area contributed by atoms with Crippen LogP contribution < -0.4 is 0 Å². The normalized spacial score (nSPS) is 7.29. The quantitative estimate of drug-likeness (QED) is 0.518. The van der Waals surface area contributed by atoms with Gasteiger partial charge in [0.2, 0.25) is 0 Å². The van der Waals surface area contributed by atoms with E-state index in [2.05, 4.69) is 39.5 Å². The third-order valence-electron chi connectivity index (χ3n) is 1.62. The molecule has 0 atom stereocenters. The highest BCUT2D eigenvalue weighted by molar-refractivity contribution is 5.85. The highest BCUT2D eigenvalue weighted by Gasteiger charge is 1.91. The first-order chi connectivity index (χ1) is 10.7. The van der Waals surface area contributed by atoms with Crippen LogP contribution in [0.1, 0.15) is 20.8 Å². The molecule has 0 unspecified atom stereocenters.